The van der Waals surface area contributed by atoms with Crippen molar-refractivity contribution in [3.63, 3.8) is 0 Å². The Morgan fingerprint density at radius 2 is 1.96 bits per heavy atom. The molecule has 3 atom stereocenters. The molecule has 0 radical (unpaired) electrons. The van der Waals surface area contributed by atoms with E-state index in [1.165, 1.54) is 17.8 Å². The zero-order valence-electron chi connectivity index (χ0n) is 15.0. The van der Waals surface area contributed by atoms with Gasteiger partial charge in [-0.2, -0.15) is 0 Å². The van der Waals surface area contributed by atoms with E-state index in [1.54, 1.807) is 30.3 Å². The van der Waals surface area contributed by atoms with Crippen molar-refractivity contribution in [2.45, 2.75) is 30.7 Å². The van der Waals surface area contributed by atoms with Gasteiger partial charge in [-0.3, -0.25) is 9.59 Å². The molecular formula is C21H21FN2O2S. The molecule has 2 aromatic carbocycles. The maximum absolute atomic E-state index is 14.0. The molecule has 1 fully saturated rings. The maximum Gasteiger partial charge on any atom is 0.251 e. The summed E-state index contributed by atoms with van der Waals surface area (Å²) >= 11 is 1.49. The van der Waals surface area contributed by atoms with Crippen molar-refractivity contribution in [3.8, 4) is 0 Å². The molecule has 2 aliphatic rings. The second-order valence-corrected chi connectivity index (χ2v) is 8.32. The first-order valence-corrected chi connectivity index (χ1v) is 10.1. The van der Waals surface area contributed by atoms with Crippen LogP contribution in [0.4, 0.5) is 10.1 Å². The third-order valence-electron chi connectivity index (χ3n) is 5.17. The molecule has 2 aromatic rings. The molecule has 2 amide bonds. The van der Waals surface area contributed by atoms with Crippen LogP contribution < -0.4 is 10.6 Å². The highest BCUT2D eigenvalue weighted by atomic mass is 32.2. The third kappa shape index (κ3) is 3.86. The highest BCUT2D eigenvalue weighted by Crippen LogP contribution is 2.39. The highest BCUT2D eigenvalue weighted by Gasteiger charge is 2.39. The van der Waals surface area contributed by atoms with Crippen molar-refractivity contribution in [1.82, 2.24) is 5.32 Å². The Bertz CT molecular complexity index is 902. The fourth-order valence-corrected chi connectivity index (χ4v) is 4.58. The third-order valence-corrected chi connectivity index (χ3v) is 6.33. The van der Waals surface area contributed by atoms with E-state index < -0.39 is 0 Å². The molecule has 27 heavy (non-hydrogen) atoms. The Hall–Kier alpha value is -2.34. The summed E-state index contributed by atoms with van der Waals surface area (Å²) in [7, 11) is 0. The minimum atomic E-state index is -0.240. The van der Waals surface area contributed by atoms with E-state index in [4.69, 9.17) is 0 Å². The Kier molecular flexibility index (Phi) is 4.91. The van der Waals surface area contributed by atoms with Crippen LogP contribution in [0.2, 0.25) is 0 Å². The van der Waals surface area contributed by atoms with E-state index in [2.05, 4.69) is 17.6 Å². The van der Waals surface area contributed by atoms with Crippen LogP contribution in [0.5, 0.6) is 0 Å². The number of carbonyl (C=O) groups is 2. The van der Waals surface area contributed by atoms with E-state index in [9.17, 15) is 14.0 Å². The molecule has 0 bridgehead atoms. The van der Waals surface area contributed by atoms with Crippen molar-refractivity contribution < 1.29 is 14.0 Å². The van der Waals surface area contributed by atoms with Gasteiger partial charge in [-0.15, -0.1) is 11.8 Å². The lowest BCUT2D eigenvalue weighted by molar-refractivity contribution is -0.117. The van der Waals surface area contributed by atoms with Crippen molar-refractivity contribution in [1.29, 1.82) is 0 Å². The second-order valence-electron chi connectivity index (χ2n) is 7.21. The molecule has 6 heteroatoms. The van der Waals surface area contributed by atoms with Crippen LogP contribution >= 0.6 is 11.8 Å². The van der Waals surface area contributed by atoms with Crippen LogP contribution in [0.25, 0.3) is 0 Å². The van der Waals surface area contributed by atoms with Gasteiger partial charge < -0.3 is 10.6 Å². The Labute approximate surface area is 161 Å². The Morgan fingerprint density at radius 3 is 2.74 bits per heavy atom. The molecule has 4 rings (SSSR count). The summed E-state index contributed by atoms with van der Waals surface area (Å²) in [4.78, 5) is 25.4. The Balaban J connectivity index is 1.47. The zero-order valence-corrected chi connectivity index (χ0v) is 15.8. The van der Waals surface area contributed by atoms with E-state index in [-0.39, 0.29) is 29.6 Å². The van der Waals surface area contributed by atoms with Crippen molar-refractivity contribution in [2.24, 2.45) is 11.8 Å². The summed E-state index contributed by atoms with van der Waals surface area (Å²) in [5.74, 6) is 0.811. The number of hydrogen-bond acceptors (Lipinski definition) is 3. The lowest BCUT2D eigenvalue weighted by Crippen LogP contribution is -2.31. The Morgan fingerprint density at radius 1 is 1.19 bits per heavy atom. The van der Waals surface area contributed by atoms with E-state index >= 15 is 0 Å². The van der Waals surface area contributed by atoms with Crippen molar-refractivity contribution >= 4 is 29.3 Å². The normalized spacial score (nSPS) is 23.3. The fourth-order valence-electron chi connectivity index (χ4n) is 3.44. The molecule has 2 N–H and O–H groups in total. The van der Waals surface area contributed by atoms with Gasteiger partial charge in [0.15, 0.2) is 0 Å². The van der Waals surface area contributed by atoms with E-state index in [0.29, 0.717) is 22.1 Å². The van der Waals surface area contributed by atoms with Crippen LogP contribution in [0.3, 0.4) is 0 Å². The van der Waals surface area contributed by atoms with Gasteiger partial charge in [0.25, 0.3) is 5.91 Å². The van der Waals surface area contributed by atoms with Crippen LogP contribution in [0.1, 0.15) is 41.7 Å². The van der Waals surface area contributed by atoms with Gasteiger partial charge in [-0.1, -0.05) is 25.1 Å². The zero-order chi connectivity index (χ0) is 19.0. The number of hydrogen-bond donors (Lipinski definition) is 2. The number of nitrogens with one attached hydrogen (secondary N) is 2. The SMILES string of the molecule is CC1CC1C(=O)Nc1cccc(C(=O)NC2CCSc3c(F)cccc32)c1. The summed E-state index contributed by atoms with van der Waals surface area (Å²) in [6.45, 7) is 2.05. The number of halogens is 1. The first-order valence-electron chi connectivity index (χ1n) is 9.16. The minimum Gasteiger partial charge on any atom is -0.345 e. The molecule has 1 heterocycles. The second kappa shape index (κ2) is 7.35. The van der Waals surface area contributed by atoms with Crippen molar-refractivity contribution in [3.05, 3.63) is 59.4 Å². The smallest absolute Gasteiger partial charge is 0.251 e. The molecule has 0 aromatic heterocycles. The molecule has 3 unspecified atom stereocenters. The largest absolute Gasteiger partial charge is 0.345 e. The first kappa shape index (κ1) is 18.0. The molecule has 1 aliphatic heterocycles. The topological polar surface area (TPSA) is 58.2 Å². The summed E-state index contributed by atoms with van der Waals surface area (Å²) in [5.41, 5.74) is 1.93. The number of carbonyl (C=O) groups excluding carboxylic acids is 2. The fraction of sp³-hybridized carbons (Fsp3) is 0.333. The summed E-state index contributed by atoms with van der Waals surface area (Å²) in [6.07, 6.45) is 1.67. The minimum absolute atomic E-state index is 0.00812. The molecule has 0 saturated heterocycles. The van der Waals surface area contributed by atoms with Crippen LogP contribution in [-0.2, 0) is 4.79 Å². The van der Waals surface area contributed by atoms with Gasteiger partial charge >= 0.3 is 0 Å². The number of fused-ring (bicyclic) bond motifs is 1. The van der Waals surface area contributed by atoms with Gasteiger partial charge in [-0.05, 0) is 48.6 Å². The predicted molar refractivity (Wildman–Crippen MR) is 104 cm³/mol. The number of rotatable bonds is 4. The molecular weight excluding hydrogens is 363 g/mol. The average Bonchev–Trinajstić information content (AvgIpc) is 3.40. The average molecular weight is 384 g/mol. The van der Waals surface area contributed by atoms with Gasteiger partial charge in [0.1, 0.15) is 5.82 Å². The van der Waals surface area contributed by atoms with Gasteiger partial charge in [0.05, 0.1) is 6.04 Å². The monoisotopic (exact) mass is 384 g/mol. The predicted octanol–water partition coefficient (Wildman–Crippen LogP) is 4.39. The van der Waals surface area contributed by atoms with Crippen molar-refractivity contribution in [2.75, 3.05) is 11.1 Å². The van der Waals surface area contributed by atoms with Crippen LogP contribution in [0, 0.1) is 17.7 Å². The number of anilines is 1. The molecule has 0 spiro atoms. The molecule has 140 valence electrons. The van der Waals surface area contributed by atoms with Crippen LogP contribution in [0.15, 0.2) is 47.4 Å². The summed E-state index contributed by atoms with van der Waals surface area (Å²) < 4.78 is 14.0. The summed E-state index contributed by atoms with van der Waals surface area (Å²) in [5, 5.41) is 5.89. The van der Waals surface area contributed by atoms with Gasteiger partial charge in [0.2, 0.25) is 5.91 Å². The summed E-state index contributed by atoms with van der Waals surface area (Å²) in [6, 6.07) is 11.7. The van der Waals surface area contributed by atoms with E-state index in [0.717, 1.165) is 24.2 Å². The number of thioether (sulfide) groups is 1. The quantitative estimate of drug-likeness (QED) is 0.822. The maximum atomic E-state index is 14.0. The molecule has 1 aliphatic carbocycles. The highest BCUT2D eigenvalue weighted by molar-refractivity contribution is 7.99. The lowest BCUT2D eigenvalue weighted by atomic mass is 10.0. The lowest BCUT2D eigenvalue weighted by Gasteiger charge is -2.26. The van der Waals surface area contributed by atoms with Gasteiger partial charge in [-0.25, -0.2) is 4.39 Å². The van der Waals surface area contributed by atoms with Crippen LogP contribution in [-0.4, -0.2) is 17.6 Å². The molecule has 1 saturated carbocycles. The standard InChI is InChI=1S/C21H21FN2O2S/c1-12-10-16(12)21(26)23-14-5-2-4-13(11-14)20(25)24-18-8-9-27-19-15(18)6-3-7-17(19)22/h2-7,11-12,16,18H,8-10H2,1H3,(H,23,26)(H,24,25). The number of amides is 2. The molecule has 4 nitrogen and oxygen atoms in total. The van der Waals surface area contributed by atoms with Gasteiger partial charge in [0, 0.05) is 27.8 Å². The van der Waals surface area contributed by atoms with E-state index in [1.807, 2.05) is 6.07 Å². The number of benzene rings is 2. The first-order chi connectivity index (χ1) is 13.0.